The third-order valence-electron chi connectivity index (χ3n) is 5.21. The molecule has 2 aromatic rings. The van der Waals surface area contributed by atoms with E-state index >= 15 is 0 Å². The Kier molecular flexibility index (Phi) is 6.35. The van der Waals surface area contributed by atoms with Crippen molar-refractivity contribution in [2.75, 3.05) is 6.54 Å². The number of Topliss-reactive ketones (excluding diaryl/α,β-unsaturated/α-hetero) is 1. The Morgan fingerprint density at radius 2 is 1.89 bits per heavy atom. The van der Waals surface area contributed by atoms with Gasteiger partial charge in [-0.2, -0.15) is 0 Å². The van der Waals surface area contributed by atoms with Crippen molar-refractivity contribution in [3.63, 3.8) is 0 Å². The second-order valence-electron chi connectivity index (χ2n) is 7.50. The first kappa shape index (κ1) is 20.3. The van der Waals surface area contributed by atoms with Crippen molar-refractivity contribution in [2.45, 2.75) is 52.0 Å². The van der Waals surface area contributed by atoms with Crippen LogP contribution in [0.15, 0.2) is 53.1 Å². The number of unbranched alkanes of at least 4 members (excludes halogenated alkanes) is 2. The minimum Gasteiger partial charge on any atom is -0.503 e. The van der Waals surface area contributed by atoms with Gasteiger partial charge in [-0.25, -0.2) is 0 Å². The number of ketones is 1. The fraction of sp³-hybridized carbons (Fsp3) is 0.391. The van der Waals surface area contributed by atoms with Crippen molar-refractivity contribution in [3.05, 3.63) is 69.1 Å². The molecule has 1 aliphatic heterocycles. The van der Waals surface area contributed by atoms with Crippen molar-refractivity contribution < 1.29 is 14.7 Å². The first-order valence-corrected chi connectivity index (χ1v) is 10.8. The number of thiophene rings is 1. The summed E-state index contributed by atoms with van der Waals surface area (Å²) in [5.41, 5.74) is 2.25. The van der Waals surface area contributed by atoms with Gasteiger partial charge < -0.3 is 10.0 Å². The van der Waals surface area contributed by atoms with Crippen LogP contribution < -0.4 is 0 Å². The van der Waals surface area contributed by atoms with Crippen molar-refractivity contribution in [1.29, 1.82) is 0 Å². The Morgan fingerprint density at radius 3 is 2.46 bits per heavy atom. The van der Waals surface area contributed by atoms with Crippen molar-refractivity contribution in [1.82, 2.24) is 4.90 Å². The maximum atomic E-state index is 13.1. The quantitative estimate of drug-likeness (QED) is 0.463. The van der Waals surface area contributed by atoms with Gasteiger partial charge in [-0.15, -0.1) is 11.3 Å². The Balaban J connectivity index is 2.01. The molecule has 148 valence electrons. The molecule has 0 bridgehead atoms. The maximum absolute atomic E-state index is 13.1. The second kappa shape index (κ2) is 8.74. The van der Waals surface area contributed by atoms with E-state index in [-0.39, 0.29) is 11.4 Å². The van der Waals surface area contributed by atoms with Crippen LogP contribution in [-0.2, 0) is 4.79 Å². The van der Waals surface area contributed by atoms with Crippen LogP contribution >= 0.6 is 11.3 Å². The summed E-state index contributed by atoms with van der Waals surface area (Å²) in [6, 6.07) is 11.0. The summed E-state index contributed by atoms with van der Waals surface area (Å²) in [7, 11) is 0. The third-order valence-corrected chi connectivity index (χ3v) is 6.08. The van der Waals surface area contributed by atoms with Crippen LogP contribution in [0.2, 0.25) is 0 Å². The zero-order valence-electron chi connectivity index (χ0n) is 16.6. The molecule has 28 heavy (non-hydrogen) atoms. The topological polar surface area (TPSA) is 57.6 Å². The van der Waals surface area contributed by atoms with Gasteiger partial charge >= 0.3 is 0 Å². The van der Waals surface area contributed by atoms with Gasteiger partial charge in [0.05, 0.1) is 16.5 Å². The van der Waals surface area contributed by atoms with Gasteiger partial charge in [0, 0.05) is 6.54 Å². The molecule has 1 amide bonds. The highest BCUT2D eigenvalue weighted by atomic mass is 32.1. The first-order chi connectivity index (χ1) is 13.5. The van der Waals surface area contributed by atoms with Gasteiger partial charge in [-0.3, -0.25) is 9.59 Å². The van der Waals surface area contributed by atoms with E-state index in [1.165, 1.54) is 16.9 Å². The predicted molar refractivity (Wildman–Crippen MR) is 113 cm³/mol. The van der Waals surface area contributed by atoms with Crippen molar-refractivity contribution >= 4 is 23.0 Å². The Labute approximate surface area is 170 Å². The van der Waals surface area contributed by atoms with Gasteiger partial charge in [-0.1, -0.05) is 63.9 Å². The maximum Gasteiger partial charge on any atom is 0.290 e. The van der Waals surface area contributed by atoms with Crippen LogP contribution in [-0.4, -0.2) is 28.2 Å². The number of rotatable bonds is 8. The monoisotopic (exact) mass is 397 g/mol. The van der Waals surface area contributed by atoms with E-state index in [0.29, 0.717) is 17.3 Å². The van der Waals surface area contributed by atoms with E-state index in [4.69, 9.17) is 0 Å². The molecule has 0 saturated carbocycles. The molecular formula is C23H27NO3S. The van der Waals surface area contributed by atoms with Crippen LogP contribution in [0.25, 0.3) is 0 Å². The minimum atomic E-state index is -0.542. The van der Waals surface area contributed by atoms with Crippen LogP contribution in [0.4, 0.5) is 0 Å². The van der Waals surface area contributed by atoms with Gasteiger partial charge in [0.2, 0.25) is 5.78 Å². The normalized spacial score (nSPS) is 17.1. The molecule has 1 atom stereocenters. The third kappa shape index (κ3) is 3.90. The molecule has 1 aliphatic rings. The molecule has 3 rings (SSSR count). The molecule has 5 heteroatoms. The smallest absolute Gasteiger partial charge is 0.290 e. The number of benzene rings is 1. The molecule has 1 unspecified atom stereocenters. The Bertz CT molecular complexity index is 866. The van der Waals surface area contributed by atoms with Crippen molar-refractivity contribution in [3.8, 4) is 0 Å². The molecule has 0 fully saturated rings. The SMILES string of the molecule is CCCCCN1C(=O)C(O)=C(C(=O)c2cccs2)C1c1ccc(C(C)C)cc1. The molecule has 2 heterocycles. The lowest BCUT2D eigenvalue weighted by Gasteiger charge is -2.27. The second-order valence-corrected chi connectivity index (χ2v) is 8.45. The summed E-state index contributed by atoms with van der Waals surface area (Å²) in [4.78, 5) is 28.1. The van der Waals surface area contributed by atoms with Gasteiger partial charge in [0.1, 0.15) is 0 Å². The zero-order valence-corrected chi connectivity index (χ0v) is 17.5. The first-order valence-electron chi connectivity index (χ1n) is 9.87. The van der Waals surface area contributed by atoms with Crippen LogP contribution in [0.5, 0.6) is 0 Å². The lowest BCUT2D eigenvalue weighted by atomic mass is 9.93. The molecule has 0 spiro atoms. The van der Waals surface area contributed by atoms with E-state index < -0.39 is 17.7 Å². The number of nitrogens with zero attached hydrogens (tertiary/aromatic N) is 1. The summed E-state index contributed by atoms with van der Waals surface area (Å²) >= 11 is 1.32. The molecule has 1 aromatic heterocycles. The summed E-state index contributed by atoms with van der Waals surface area (Å²) in [5.74, 6) is -0.727. The lowest BCUT2D eigenvalue weighted by Crippen LogP contribution is -2.32. The number of hydrogen-bond acceptors (Lipinski definition) is 4. The summed E-state index contributed by atoms with van der Waals surface area (Å²) < 4.78 is 0. The fourth-order valence-electron chi connectivity index (χ4n) is 3.60. The molecule has 0 aliphatic carbocycles. The number of amides is 1. The molecule has 0 saturated heterocycles. The molecule has 4 nitrogen and oxygen atoms in total. The highest BCUT2D eigenvalue weighted by Gasteiger charge is 2.43. The number of carbonyl (C=O) groups is 2. The van der Waals surface area contributed by atoms with E-state index in [1.54, 1.807) is 17.0 Å². The number of aliphatic hydroxyl groups excluding tert-OH is 1. The fourth-order valence-corrected chi connectivity index (χ4v) is 4.28. The molecule has 1 N–H and O–H groups in total. The van der Waals surface area contributed by atoms with Crippen LogP contribution in [0.3, 0.4) is 0 Å². The Morgan fingerprint density at radius 1 is 1.18 bits per heavy atom. The van der Waals surface area contributed by atoms with Crippen molar-refractivity contribution in [2.24, 2.45) is 0 Å². The Hall–Kier alpha value is -2.40. The zero-order chi connectivity index (χ0) is 20.3. The minimum absolute atomic E-state index is 0.196. The summed E-state index contributed by atoms with van der Waals surface area (Å²) in [6.45, 7) is 6.88. The van der Waals surface area contributed by atoms with Gasteiger partial charge in [-0.05, 0) is 34.9 Å². The number of carbonyl (C=O) groups excluding carboxylic acids is 2. The van der Waals surface area contributed by atoms with Gasteiger partial charge in [0.25, 0.3) is 5.91 Å². The highest BCUT2D eigenvalue weighted by Crippen LogP contribution is 2.40. The number of hydrogen-bond donors (Lipinski definition) is 1. The average molecular weight is 398 g/mol. The molecule has 0 radical (unpaired) electrons. The largest absolute Gasteiger partial charge is 0.503 e. The average Bonchev–Trinajstić information content (AvgIpc) is 3.31. The van der Waals surface area contributed by atoms with E-state index in [1.807, 2.05) is 29.6 Å². The van der Waals surface area contributed by atoms with E-state index in [0.717, 1.165) is 24.8 Å². The standard InChI is InChI=1S/C23H27NO3S/c1-4-5-6-13-24-20(17-11-9-16(10-12-17)15(2)3)19(22(26)23(24)27)21(25)18-8-7-14-28-18/h7-12,14-15,20,26H,4-6,13H2,1-3H3. The lowest BCUT2D eigenvalue weighted by molar-refractivity contribution is -0.129. The van der Waals surface area contributed by atoms with E-state index in [2.05, 4.69) is 20.8 Å². The highest BCUT2D eigenvalue weighted by molar-refractivity contribution is 7.12. The molecule has 1 aromatic carbocycles. The predicted octanol–water partition coefficient (Wildman–Crippen LogP) is 5.64. The summed E-state index contributed by atoms with van der Waals surface area (Å²) in [6.07, 6.45) is 2.88. The number of aliphatic hydroxyl groups is 1. The van der Waals surface area contributed by atoms with E-state index in [9.17, 15) is 14.7 Å². The molecular weight excluding hydrogens is 370 g/mol. The summed E-state index contributed by atoms with van der Waals surface area (Å²) in [5, 5.41) is 12.4. The van der Waals surface area contributed by atoms with Crippen LogP contribution in [0.1, 0.15) is 72.8 Å². The van der Waals surface area contributed by atoms with Crippen LogP contribution in [0, 0.1) is 0 Å². The van der Waals surface area contributed by atoms with Gasteiger partial charge in [0.15, 0.2) is 5.76 Å².